The summed E-state index contributed by atoms with van der Waals surface area (Å²) in [5.41, 5.74) is 0.231. The Morgan fingerprint density at radius 1 is 1.41 bits per heavy atom. The highest BCUT2D eigenvalue weighted by Gasteiger charge is 2.30. The fraction of sp³-hybridized carbons (Fsp3) is 0.267. The van der Waals surface area contributed by atoms with Crippen molar-refractivity contribution in [3.63, 3.8) is 0 Å². The second kappa shape index (κ2) is 9.24. The van der Waals surface area contributed by atoms with Crippen LogP contribution in [0.15, 0.2) is 35.2 Å². The van der Waals surface area contributed by atoms with Crippen molar-refractivity contribution in [3.05, 3.63) is 40.9 Å². The summed E-state index contributed by atoms with van der Waals surface area (Å²) in [6, 6.07) is 3.29. The number of carbonyl (C=O) groups excluding carboxylic acids is 1. The Labute approximate surface area is 175 Å². The maximum Gasteiger partial charge on any atom is 0.249 e. The number of halogens is 2. The summed E-state index contributed by atoms with van der Waals surface area (Å²) in [5.74, 6) is 0.112. The fourth-order valence-electron chi connectivity index (χ4n) is 2.09. The van der Waals surface area contributed by atoms with E-state index in [0.29, 0.717) is 10.1 Å². The maximum atomic E-state index is 12.6. The van der Waals surface area contributed by atoms with Gasteiger partial charge < -0.3 is 0 Å². The van der Waals surface area contributed by atoms with E-state index in [1.54, 1.807) is 6.08 Å². The molecule has 2 aromatic rings. The van der Waals surface area contributed by atoms with E-state index in [-0.39, 0.29) is 20.9 Å². The molecule has 0 aliphatic carbocycles. The van der Waals surface area contributed by atoms with E-state index in [4.69, 9.17) is 23.2 Å². The predicted octanol–water partition coefficient (Wildman–Crippen LogP) is 3.92. The van der Waals surface area contributed by atoms with Crippen LogP contribution in [0.25, 0.3) is 0 Å². The zero-order valence-electron chi connectivity index (χ0n) is 14.3. The van der Waals surface area contributed by atoms with E-state index in [2.05, 4.69) is 22.1 Å². The number of hydrogen-bond donors (Lipinski definition) is 1. The van der Waals surface area contributed by atoms with Crippen molar-refractivity contribution >= 4 is 73.0 Å². The molecule has 0 unspecified atom stereocenters. The molecule has 0 bridgehead atoms. The van der Waals surface area contributed by atoms with Crippen LogP contribution in [0.5, 0.6) is 0 Å². The summed E-state index contributed by atoms with van der Waals surface area (Å²) >= 11 is 14.5. The molecule has 1 aromatic carbocycles. The van der Waals surface area contributed by atoms with Gasteiger partial charge in [0.2, 0.25) is 21.1 Å². The van der Waals surface area contributed by atoms with Gasteiger partial charge in [-0.2, -0.15) is 0 Å². The summed E-state index contributed by atoms with van der Waals surface area (Å²) < 4.78 is 26.2. The summed E-state index contributed by atoms with van der Waals surface area (Å²) in [4.78, 5) is 12.6. The van der Waals surface area contributed by atoms with E-state index in [1.165, 1.54) is 48.2 Å². The lowest BCUT2D eigenvalue weighted by atomic mass is 10.2. The van der Waals surface area contributed by atoms with Crippen LogP contribution < -0.4 is 9.62 Å². The first-order valence-electron chi connectivity index (χ1n) is 7.46. The van der Waals surface area contributed by atoms with Gasteiger partial charge in [-0.25, -0.2) is 8.42 Å². The van der Waals surface area contributed by atoms with Crippen LogP contribution in [-0.4, -0.2) is 42.6 Å². The van der Waals surface area contributed by atoms with Crippen LogP contribution >= 0.6 is 46.3 Å². The molecule has 12 heteroatoms. The molecule has 27 heavy (non-hydrogen) atoms. The summed E-state index contributed by atoms with van der Waals surface area (Å²) in [6.07, 6.45) is 2.74. The summed E-state index contributed by atoms with van der Waals surface area (Å²) in [6.45, 7) is 5.09. The second-order valence-corrected chi connectivity index (χ2v) is 10.2. The molecule has 1 N–H and O–H groups in total. The molecular weight excluding hydrogens is 451 g/mol. The minimum Gasteiger partial charge on any atom is -0.299 e. The van der Waals surface area contributed by atoms with Crippen LogP contribution in [-0.2, 0) is 14.8 Å². The Hall–Kier alpha value is -1.33. The van der Waals surface area contributed by atoms with E-state index >= 15 is 0 Å². The van der Waals surface area contributed by atoms with Gasteiger partial charge in [0.05, 0.1) is 22.0 Å². The monoisotopic (exact) mass is 466 g/mol. The number of anilines is 2. The number of rotatable bonds is 8. The normalized spacial score (nSPS) is 12.4. The standard InChI is InChI=1S/C15H16Cl2N4O3S3/c1-4-7-25-15-20-19-14(26-15)18-13(22)9(2)21(27(3,23)24)10-5-6-11(16)12(17)8-10/h4-6,8-9H,1,7H2,2-3H3,(H,18,19,22)/t9-/m1/s1. The van der Waals surface area contributed by atoms with Crippen LogP contribution in [0.4, 0.5) is 10.8 Å². The highest BCUT2D eigenvalue weighted by Crippen LogP contribution is 2.30. The van der Waals surface area contributed by atoms with Crippen molar-refractivity contribution in [2.24, 2.45) is 0 Å². The Bertz CT molecular complexity index is 950. The van der Waals surface area contributed by atoms with Gasteiger partial charge in [0.25, 0.3) is 0 Å². The third kappa shape index (κ3) is 5.82. The van der Waals surface area contributed by atoms with E-state index < -0.39 is 22.0 Å². The third-order valence-corrected chi connectivity index (χ3v) is 7.16. The molecule has 146 valence electrons. The quantitative estimate of drug-likeness (QED) is 0.360. The molecule has 0 fully saturated rings. The molecule has 2 rings (SSSR count). The van der Waals surface area contributed by atoms with Gasteiger partial charge >= 0.3 is 0 Å². The van der Waals surface area contributed by atoms with Gasteiger partial charge in [0.15, 0.2) is 4.34 Å². The summed E-state index contributed by atoms with van der Waals surface area (Å²) in [5, 5.41) is 11.2. The Kier molecular flexibility index (Phi) is 7.52. The molecule has 1 aromatic heterocycles. The maximum absolute atomic E-state index is 12.6. The molecule has 0 aliphatic rings. The largest absolute Gasteiger partial charge is 0.299 e. The molecule has 1 amide bonds. The van der Waals surface area contributed by atoms with E-state index in [0.717, 1.165) is 10.6 Å². The highest BCUT2D eigenvalue weighted by molar-refractivity contribution is 8.01. The molecule has 7 nitrogen and oxygen atoms in total. The number of thioether (sulfide) groups is 1. The number of amides is 1. The topological polar surface area (TPSA) is 92.3 Å². The molecule has 0 spiro atoms. The zero-order chi connectivity index (χ0) is 20.2. The van der Waals surface area contributed by atoms with Gasteiger partial charge in [-0.05, 0) is 25.1 Å². The molecule has 0 saturated carbocycles. The first kappa shape index (κ1) is 22.0. The van der Waals surface area contributed by atoms with Crippen LogP contribution in [0.3, 0.4) is 0 Å². The third-order valence-electron chi connectivity index (χ3n) is 3.21. The molecule has 0 saturated heterocycles. The van der Waals surface area contributed by atoms with Crippen LogP contribution in [0, 0.1) is 0 Å². The first-order chi connectivity index (χ1) is 12.6. The minimum absolute atomic E-state index is 0.184. The van der Waals surface area contributed by atoms with Gasteiger partial charge in [-0.3, -0.25) is 14.4 Å². The van der Waals surface area contributed by atoms with Gasteiger partial charge in [-0.15, -0.1) is 16.8 Å². The van der Waals surface area contributed by atoms with Gasteiger partial charge in [0, 0.05) is 5.75 Å². The van der Waals surface area contributed by atoms with Crippen molar-refractivity contribution < 1.29 is 13.2 Å². The Morgan fingerprint density at radius 3 is 2.70 bits per heavy atom. The molecule has 0 aliphatic heterocycles. The van der Waals surface area contributed by atoms with Gasteiger partial charge in [-0.1, -0.05) is 52.4 Å². The minimum atomic E-state index is -3.77. The second-order valence-electron chi connectivity index (χ2n) is 5.30. The first-order valence-corrected chi connectivity index (χ1v) is 11.9. The van der Waals surface area contributed by atoms with Crippen molar-refractivity contribution in [1.82, 2.24) is 10.2 Å². The molecule has 1 atom stereocenters. The van der Waals surface area contributed by atoms with Crippen LogP contribution in [0.1, 0.15) is 6.92 Å². The van der Waals surface area contributed by atoms with Gasteiger partial charge in [0.1, 0.15) is 6.04 Å². The summed E-state index contributed by atoms with van der Waals surface area (Å²) in [7, 11) is -3.77. The number of carbonyl (C=O) groups is 1. The average Bonchev–Trinajstić information content (AvgIpc) is 3.02. The lowest BCUT2D eigenvalue weighted by Crippen LogP contribution is -2.45. The number of sulfonamides is 1. The number of benzene rings is 1. The fourth-order valence-corrected chi connectivity index (χ4v) is 5.06. The lowest BCUT2D eigenvalue weighted by Gasteiger charge is -2.28. The molecule has 1 heterocycles. The number of nitrogens with one attached hydrogen (secondary N) is 1. The highest BCUT2D eigenvalue weighted by atomic mass is 35.5. The zero-order valence-corrected chi connectivity index (χ0v) is 18.3. The van der Waals surface area contributed by atoms with Crippen molar-refractivity contribution in [2.75, 3.05) is 21.6 Å². The number of aromatic nitrogens is 2. The SMILES string of the molecule is C=CCSc1nnc(NC(=O)[C@@H](C)N(c2ccc(Cl)c(Cl)c2)S(C)(=O)=O)s1. The van der Waals surface area contributed by atoms with E-state index in [9.17, 15) is 13.2 Å². The average molecular weight is 467 g/mol. The van der Waals surface area contributed by atoms with Crippen molar-refractivity contribution in [3.8, 4) is 0 Å². The van der Waals surface area contributed by atoms with Crippen molar-refractivity contribution in [2.45, 2.75) is 17.3 Å². The number of nitrogens with zero attached hydrogens (tertiary/aromatic N) is 3. The smallest absolute Gasteiger partial charge is 0.249 e. The lowest BCUT2D eigenvalue weighted by molar-refractivity contribution is -0.116. The number of hydrogen-bond acceptors (Lipinski definition) is 7. The van der Waals surface area contributed by atoms with Crippen LogP contribution in [0.2, 0.25) is 10.0 Å². The Morgan fingerprint density at radius 2 is 2.11 bits per heavy atom. The van der Waals surface area contributed by atoms with Crippen molar-refractivity contribution in [1.29, 1.82) is 0 Å². The molecule has 0 radical (unpaired) electrons. The predicted molar refractivity (Wildman–Crippen MR) is 113 cm³/mol. The Balaban J connectivity index is 2.23. The van der Waals surface area contributed by atoms with E-state index in [1.807, 2.05) is 0 Å². The molecular formula is C15H16Cl2N4O3S3.